The second kappa shape index (κ2) is 6.02. The molecule has 2 heterocycles. The number of hydrogen-bond donors (Lipinski definition) is 1. The van der Waals surface area contributed by atoms with Crippen molar-refractivity contribution in [2.45, 2.75) is 24.9 Å². The van der Waals surface area contributed by atoms with Gasteiger partial charge in [-0.25, -0.2) is 0 Å². The summed E-state index contributed by atoms with van der Waals surface area (Å²) >= 11 is 0. The zero-order valence-electron chi connectivity index (χ0n) is 12.4. The number of methoxy groups -OCH3 is 1. The fourth-order valence-electron chi connectivity index (χ4n) is 3.07. The Morgan fingerprint density at radius 3 is 2.75 bits per heavy atom. The molecule has 0 radical (unpaired) electrons. The second-order valence-corrected chi connectivity index (χ2v) is 5.91. The highest BCUT2D eigenvalue weighted by atomic mass is 16.5. The van der Waals surface area contributed by atoms with Crippen molar-refractivity contribution in [3.63, 3.8) is 0 Å². The zero-order valence-corrected chi connectivity index (χ0v) is 12.4. The van der Waals surface area contributed by atoms with Crippen molar-refractivity contribution >= 4 is 0 Å². The molecule has 4 heteroatoms. The molecule has 2 fully saturated rings. The van der Waals surface area contributed by atoms with Crippen LogP contribution in [0.3, 0.4) is 0 Å². The van der Waals surface area contributed by atoms with Crippen molar-refractivity contribution in [1.29, 1.82) is 0 Å². The molecule has 1 aromatic rings. The Hall–Kier alpha value is -1.26. The van der Waals surface area contributed by atoms with Gasteiger partial charge in [0.2, 0.25) is 0 Å². The highest BCUT2D eigenvalue weighted by Crippen LogP contribution is 2.34. The Morgan fingerprint density at radius 2 is 2.10 bits per heavy atom. The van der Waals surface area contributed by atoms with Gasteiger partial charge in [-0.2, -0.15) is 0 Å². The Morgan fingerprint density at radius 1 is 1.25 bits per heavy atom. The summed E-state index contributed by atoms with van der Waals surface area (Å²) in [6.07, 6.45) is 2.80. The molecule has 3 rings (SSSR count). The van der Waals surface area contributed by atoms with Crippen molar-refractivity contribution in [3.8, 4) is 11.5 Å². The van der Waals surface area contributed by atoms with E-state index in [1.54, 1.807) is 7.11 Å². The van der Waals surface area contributed by atoms with Gasteiger partial charge in [0.25, 0.3) is 0 Å². The quantitative estimate of drug-likeness (QED) is 0.910. The fraction of sp³-hybridized carbons (Fsp3) is 0.625. The first-order valence-electron chi connectivity index (χ1n) is 7.50. The molecule has 4 nitrogen and oxygen atoms in total. The Labute approximate surface area is 121 Å². The predicted octanol–water partition coefficient (Wildman–Crippen LogP) is 1.85. The predicted molar refractivity (Wildman–Crippen MR) is 79.8 cm³/mol. The van der Waals surface area contributed by atoms with Crippen molar-refractivity contribution in [3.05, 3.63) is 23.8 Å². The van der Waals surface area contributed by atoms with E-state index < -0.39 is 0 Å². The van der Waals surface area contributed by atoms with E-state index in [1.807, 2.05) is 6.07 Å². The Balaban J connectivity index is 1.75. The lowest BCUT2D eigenvalue weighted by atomic mass is 9.91. The second-order valence-electron chi connectivity index (χ2n) is 5.91. The van der Waals surface area contributed by atoms with Crippen LogP contribution in [0.1, 0.15) is 24.3 Å². The number of likely N-dealkylation sites (tertiary alicyclic amines) is 1. The van der Waals surface area contributed by atoms with Crippen LogP contribution < -0.4 is 14.8 Å². The molecule has 1 unspecified atom stereocenters. The summed E-state index contributed by atoms with van der Waals surface area (Å²) in [5.41, 5.74) is 1.36. The third-order valence-electron chi connectivity index (χ3n) is 4.28. The normalized spacial score (nSPS) is 24.2. The Kier molecular flexibility index (Phi) is 4.13. The minimum absolute atomic E-state index is 0.300. The van der Waals surface area contributed by atoms with Crippen LogP contribution in [-0.4, -0.2) is 51.3 Å². The molecule has 0 amide bonds. The standard InChI is InChI=1S/C16H24N2O2/c1-18-10-14(11-18)20-16-8-12(5-6-15(16)19-2)13-4-3-7-17-9-13/h5-6,8,13-14,17H,3-4,7,9-11H2,1-2H3. The lowest BCUT2D eigenvalue weighted by molar-refractivity contribution is 0.0369. The third-order valence-corrected chi connectivity index (χ3v) is 4.28. The van der Waals surface area contributed by atoms with Gasteiger partial charge in [0.1, 0.15) is 6.10 Å². The van der Waals surface area contributed by atoms with Crippen molar-refractivity contribution < 1.29 is 9.47 Å². The molecule has 20 heavy (non-hydrogen) atoms. The maximum Gasteiger partial charge on any atom is 0.162 e. The summed E-state index contributed by atoms with van der Waals surface area (Å²) in [5, 5.41) is 3.47. The van der Waals surface area contributed by atoms with Gasteiger partial charge < -0.3 is 14.8 Å². The van der Waals surface area contributed by atoms with Gasteiger partial charge in [0, 0.05) is 19.6 Å². The van der Waals surface area contributed by atoms with E-state index in [-0.39, 0.29) is 0 Å². The molecule has 1 atom stereocenters. The van der Waals surface area contributed by atoms with Gasteiger partial charge in [0.05, 0.1) is 7.11 Å². The van der Waals surface area contributed by atoms with Crippen LogP contribution in [0.4, 0.5) is 0 Å². The molecule has 0 aliphatic carbocycles. The first-order valence-corrected chi connectivity index (χ1v) is 7.50. The molecule has 1 N–H and O–H groups in total. The van der Waals surface area contributed by atoms with Crippen LogP contribution in [0.5, 0.6) is 11.5 Å². The van der Waals surface area contributed by atoms with E-state index in [1.165, 1.54) is 18.4 Å². The monoisotopic (exact) mass is 276 g/mol. The van der Waals surface area contributed by atoms with Crippen LogP contribution in [0, 0.1) is 0 Å². The van der Waals surface area contributed by atoms with Crippen LogP contribution in [0.15, 0.2) is 18.2 Å². The summed E-state index contributed by atoms with van der Waals surface area (Å²) < 4.78 is 11.5. The molecule has 0 aromatic heterocycles. The topological polar surface area (TPSA) is 33.7 Å². The van der Waals surface area contributed by atoms with Crippen molar-refractivity contribution in [2.75, 3.05) is 40.3 Å². The minimum Gasteiger partial charge on any atom is -0.493 e. The summed E-state index contributed by atoms with van der Waals surface area (Å²) in [7, 11) is 3.82. The SMILES string of the molecule is COc1ccc(C2CCCNC2)cc1OC1CN(C)C1. The van der Waals surface area contributed by atoms with Crippen molar-refractivity contribution in [1.82, 2.24) is 10.2 Å². The number of hydrogen-bond acceptors (Lipinski definition) is 4. The largest absolute Gasteiger partial charge is 0.493 e. The molecule has 2 aliphatic heterocycles. The number of nitrogens with zero attached hydrogens (tertiary/aromatic N) is 1. The molecule has 110 valence electrons. The van der Waals surface area contributed by atoms with E-state index in [4.69, 9.17) is 9.47 Å². The molecule has 0 bridgehead atoms. The van der Waals surface area contributed by atoms with Gasteiger partial charge in [-0.1, -0.05) is 6.07 Å². The van der Waals surface area contributed by atoms with E-state index in [0.717, 1.165) is 37.7 Å². The average molecular weight is 276 g/mol. The van der Waals surface area contributed by atoms with Gasteiger partial charge in [-0.3, -0.25) is 4.90 Å². The molecule has 1 aromatic carbocycles. The zero-order chi connectivity index (χ0) is 13.9. The first-order chi connectivity index (χ1) is 9.76. The molecule has 2 aliphatic rings. The first kappa shape index (κ1) is 13.7. The number of likely N-dealkylation sites (N-methyl/N-ethyl adjacent to an activating group) is 1. The lowest BCUT2D eigenvalue weighted by Gasteiger charge is -2.36. The number of rotatable bonds is 4. The van der Waals surface area contributed by atoms with E-state index in [9.17, 15) is 0 Å². The minimum atomic E-state index is 0.300. The van der Waals surface area contributed by atoms with Crippen LogP contribution in [-0.2, 0) is 0 Å². The fourth-order valence-corrected chi connectivity index (χ4v) is 3.07. The lowest BCUT2D eigenvalue weighted by Crippen LogP contribution is -2.51. The van der Waals surface area contributed by atoms with Gasteiger partial charge in [0.15, 0.2) is 11.5 Å². The number of ether oxygens (including phenoxy) is 2. The van der Waals surface area contributed by atoms with Crippen LogP contribution in [0.25, 0.3) is 0 Å². The number of nitrogens with one attached hydrogen (secondary N) is 1. The number of piperidine rings is 1. The maximum absolute atomic E-state index is 6.09. The molecule has 0 saturated carbocycles. The molecular formula is C16H24N2O2. The van der Waals surface area contributed by atoms with E-state index in [2.05, 4.69) is 29.4 Å². The molecule has 0 spiro atoms. The van der Waals surface area contributed by atoms with Crippen LogP contribution in [0.2, 0.25) is 0 Å². The van der Waals surface area contributed by atoms with Gasteiger partial charge >= 0.3 is 0 Å². The van der Waals surface area contributed by atoms with E-state index >= 15 is 0 Å². The van der Waals surface area contributed by atoms with Gasteiger partial charge in [-0.15, -0.1) is 0 Å². The highest BCUT2D eigenvalue weighted by Gasteiger charge is 2.26. The van der Waals surface area contributed by atoms with Crippen molar-refractivity contribution in [2.24, 2.45) is 0 Å². The third kappa shape index (κ3) is 2.91. The Bertz CT molecular complexity index is 452. The summed E-state index contributed by atoms with van der Waals surface area (Å²) in [5.74, 6) is 2.34. The van der Waals surface area contributed by atoms with Crippen LogP contribution >= 0.6 is 0 Å². The highest BCUT2D eigenvalue weighted by molar-refractivity contribution is 5.44. The summed E-state index contributed by atoms with van der Waals surface area (Å²) in [4.78, 5) is 2.26. The average Bonchev–Trinajstić information content (AvgIpc) is 2.46. The maximum atomic E-state index is 6.09. The smallest absolute Gasteiger partial charge is 0.162 e. The van der Waals surface area contributed by atoms with E-state index in [0.29, 0.717) is 12.0 Å². The number of benzene rings is 1. The summed E-state index contributed by atoms with van der Waals surface area (Å²) in [6.45, 7) is 4.21. The molecular weight excluding hydrogens is 252 g/mol. The van der Waals surface area contributed by atoms with Gasteiger partial charge in [-0.05, 0) is 50.0 Å². The molecule has 2 saturated heterocycles. The summed E-state index contributed by atoms with van der Waals surface area (Å²) in [6, 6.07) is 6.40.